The molecule has 0 spiro atoms. The Bertz CT molecular complexity index is 394. The Balaban J connectivity index is 4.33. The molecule has 0 saturated carbocycles. The molecule has 0 aliphatic carbocycles. The van der Waals surface area contributed by atoms with Crippen LogP contribution in [0.15, 0.2) is 0 Å². The number of rotatable bonds is 26. The molecule has 3 heteroatoms. The number of hydrogen-bond acceptors (Lipinski definition) is 2. The van der Waals surface area contributed by atoms with E-state index in [1.807, 2.05) is 0 Å². The first-order valence-electron chi connectivity index (χ1n) is 15.4. The third kappa shape index (κ3) is 21.3. The minimum absolute atomic E-state index is 0.160. The predicted octanol–water partition coefficient (Wildman–Crippen LogP) is 11.1. The van der Waals surface area contributed by atoms with Gasteiger partial charge in [-0.25, -0.2) is 0 Å². The zero-order valence-corrected chi connectivity index (χ0v) is 26.3. The summed E-state index contributed by atoms with van der Waals surface area (Å²) in [6, 6.07) is 0. The second kappa shape index (κ2) is 25.4. The van der Waals surface area contributed by atoms with Crippen molar-refractivity contribution in [3.05, 3.63) is 0 Å². The van der Waals surface area contributed by atoms with Gasteiger partial charge in [0.15, 0.2) is 0 Å². The molecule has 0 fully saturated rings. The fourth-order valence-corrected chi connectivity index (χ4v) is 15.5. The van der Waals surface area contributed by atoms with Crippen molar-refractivity contribution in [1.29, 1.82) is 0 Å². The third-order valence-corrected chi connectivity index (χ3v) is 20.2. The van der Waals surface area contributed by atoms with E-state index in [1.54, 1.807) is 0 Å². The Hall–Kier alpha value is 0.269. The molecule has 0 atom stereocenters. The molecular weight excluding hydrogens is 511 g/mol. The van der Waals surface area contributed by atoms with Crippen LogP contribution in [0.1, 0.15) is 169 Å². The van der Waals surface area contributed by atoms with Gasteiger partial charge in [-0.1, -0.05) is 6.92 Å². The Morgan fingerprint density at radius 2 is 0.818 bits per heavy atom. The van der Waals surface area contributed by atoms with Crippen molar-refractivity contribution >= 4 is 24.8 Å². The quantitative estimate of drug-likeness (QED) is 0.0760. The molecule has 0 N–H and O–H groups in total. The summed E-state index contributed by atoms with van der Waals surface area (Å²) in [5.74, 6) is 0.160. The average molecular weight is 574 g/mol. The molecule has 0 heterocycles. The summed E-state index contributed by atoms with van der Waals surface area (Å²) in [5, 5.41) is 0. The van der Waals surface area contributed by atoms with Crippen LogP contribution < -0.4 is 0 Å². The van der Waals surface area contributed by atoms with Crippen LogP contribution in [0.5, 0.6) is 0 Å². The van der Waals surface area contributed by atoms with Crippen molar-refractivity contribution in [2.24, 2.45) is 0 Å². The van der Waals surface area contributed by atoms with Crippen LogP contribution in [0, 0.1) is 0 Å². The second-order valence-electron chi connectivity index (χ2n) is 10.6. The number of carbonyl (C=O) groups excluding carboxylic acids is 1. The average Bonchev–Trinajstić information content (AvgIpc) is 2.82. The van der Waals surface area contributed by atoms with Gasteiger partial charge in [0.1, 0.15) is 0 Å². The first-order chi connectivity index (χ1) is 16.1. The van der Waals surface area contributed by atoms with Crippen LogP contribution in [-0.2, 0) is 7.87 Å². The van der Waals surface area contributed by atoms with Gasteiger partial charge in [-0.3, -0.25) is 0 Å². The third-order valence-electron chi connectivity index (χ3n) is 7.43. The van der Waals surface area contributed by atoms with Crippen LogP contribution in [0.2, 0.25) is 13.3 Å². The van der Waals surface area contributed by atoms with E-state index in [9.17, 15) is 4.79 Å². The molecule has 0 radical (unpaired) electrons. The summed E-state index contributed by atoms with van der Waals surface area (Å²) < 4.78 is 10.2. The van der Waals surface area contributed by atoms with Crippen LogP contribution in [0.25, 0.3) is 0 Å². The zero-order chi connectivity index (χ0) is 24.5. The summed E-state index contributed by atoms with van der Waals surface area (Å²) in [7, 11) is 0. The van der Waals surface area contributed by atoms with Crippen LogP contribution >= 0.6 is 0 Å². The molecule has 0 aliphatic heterocycles. The predicted molar refractivity (Wildman–Crippen MR) is 151 cm³/mol. The fraction of sp³-hybridized carbons (Fsp3) is 0.967. The van der Waals surface area contributed by atoms with Gasteiger partial charge in [0.05, 0.1) is 0 Å². The molecule has 0 aromatic carbocycles. The normalized spacial score (nSPS) is 11.8. The SMILES string of the molecule is CCCCCCCCCCCC(=O)[O][Sn]([CH2]C)([CH2]CCCCCCC)[CH2]CCCCCCC. The molecule has 2 nitrogen and oxygen atoms in total. The van der Waals surface area contributed by atoms with Gasteiger partial charge < -0.3 is 0 Å². The molecule has 0 aromatic rings. The molecule has 198 valence electrons. The van der Waals surface area contributed by atoms with Gasteiger partial charge >= 0.3 is 208 Å². The van der Waals surface area contributed by atoms with Crippen molar-refractivity contribution in [3.63, 3.8) is 0 Å². The summed E-state index contributed by atoms with van der Waals surface area (Å²) in [6.07, 6.45) is 28.5. The Morgan fingerprint density at radius 3 is 1.18 bits per heavy atom. The van der Waals surface area contributed by atoms with E-state index in [1.165, 1.54) is 142 Å². The monoisotopic (exact) mass is 574 g/mol. The van der Waals surface area contributed by atoms with E-state index in [-0.39, 0.29) is 5.97 Å². The maximum atomic E-state index is 12.8. The topological polar surface area (TPSA) is 26.3 Å². The molecule has 0 bridgehead atoms. The van der Waals surface area contributed by atoms with Crippen molar-refractivity contribution in [3.8, 4) is 0 Å². The van der Waals surface area contributed by atoms with Gasteiger partial charge in [-0.2, -0.15) is 0 Å². The molecule has 33 heavy (non-hydrogen) atoms. The molecule has 0 aliphatic rings. The van der Waals surface area contributed by atoms with Gasteiger partial charge in [0.2, 0.25) is 0 Å². The first-order valence-corrected chi connectivity index (χ1v) is 22.6. The summed E-state index contributed by atoms with van der Waals surface area (Å²) >= 11 is -2.79. The van der Waals surface area contributed by atoms with Gasteiger partial charge in [0, 0.05) is 0 Å². The summed E-state index contributed by atoms with van der Waals surface area (Å²) in [5.41, 5.74) is 0. The molecule has 0 unspecified atom stereocenters. The minimum atomic E-state index is -2.79. The van der Waals surface area contributed by atoms with E-state index in [0.717, 1.165) is 6.42 Å². The van der Waals surface area contributed by atoms with Gasteiger partial charge in [-0.15, -0.1) is 0 Å². The zero-order valence-electron chi connectivity index (χ0n) is 23.5. The van der Waals surface area contributed by atoms with Crippen molar-refractivity contribution in [2.45, 2.75) is 182 Å². The Labute approximate surface area is 214 Å². The van der Waals surface area contributed by atoms with Gasteiger partial charge in [0.25, 0.3) is 0 Å². The van der Waals surface area contributed by atoms with Crippen LogP contribution in [0.4, 0.5) is 0 Å². The van der Waals surface area contributed by atoms with Crippen LogP contribution in [-0.4, -0.2) is 24.8 Å². The van der Waals surface area contributed by atoms with E-state index in [2.05, 4.69) is 27.7 Å². The van der Waals surface area contributed by atoms with E-state index < -0.39 is 18.8 Å². The Morgan fingerprint density at radius 1 is 0.485 bits per heavy atom. The summed E-state index contributed by atoms with van der Waals surface area (Å²) in [6.45, 7) is 9.17. The van der Waals surface area contributed by atoms with Crippen molar-refractivity contribution in [1.82, 2.24) is 0 Å². The van der Waals surface area contributed by atoms with E-state index in [4.69, 9.17) is 3.07 Å². The fourth-order valence-electron chi connectivity index (χ4n) is 4.98. The van der Waals surface area contributed by atoms with Crippen molar-refractivity contribution < 1.29 is 7.87 Å². The first kappa shape index (κ1) is 33.3. The number of unbranched alkanes of at least 4 members (excludes halogenated alkanes) is 18. The molecule has 0 amide bonds. The van der Waals surface area contributed by atoms with E-state index in [0.29, 0.717) is 6.42 Å². The number of hydrogen-bond donors (Lipinski definition) is 0. The maximum absolute atomic E-state index is 12.8. The van der Waals surface area contributed by atoms with Crippen molar-refractivity contribution in [2.75, 3.05) is 0 Å². The molecule has 0 aromatic heterocycles. The molecule has 0 rings (SSSR count). The van der Waals surface area contributed by atoms with Crippen LogP contribution in [0.3, 0.4) is 0 Å². The second-order valence-corrected chi connectivity index (χ2v) is 22.8. The summed E-state index contributed by atoms with van der Waals surface area (Å²) in [4.78, 5) is 12.8. The molecular formula is C30H62O2Sn. The molecule has 0 saturated heterocycles. The number of carbonyl (C=O) groups is 1. The Kier molecular flexibility index (Phi) is 25.6. The standard InChI is InChI=1S/C12H24O2.2C8H17.C2H5.Sn/c1-2-3-4-5-6-7-8-9-10-11-12(13)14;2*1-3-5-7-8-6-4-2;1-2;/h2-11H2,1H3,(H,13,14);2*1,3-8H2,2H3;1H2,2H3;/q;;;;+1/p-1. The van der Waals surface area contributed by atoms with E-state index >= 15 is 0 Å². The van der Waals surface area contributed by atoms with Gasteiger partial charge in [-0.05, 0) is 0 Å².